The number of carbonyl (C=O) groups excluding carboxylic acids is 1. The second kappa shape index (κ2) is 6.91. The molecule has 0 atom stereocenters. The summed E-state index contributed by atoms with van der Waals surface area (Å²) in [6.45, 7) is -0.0199. The van der Waals surface area contributed by atoms with Gasteiger partial charge in [0.2, 0.25) is 5.91 Å². The summed E-state index contributed by atoms with van der Waals surface area (Å²) in [6, 6.07) is 7.59. The summed E-state index contributed by atoms with van der Waals surface area (Å²) in [5, 5.41) is 3.90. The maximum atomic E-state index is 12.7. The molecule has 0 saturated carbocycles. The smallest absolute Gasteiger partial charge is 0.345 e. The van der Waals surface area contributed by atoms with Crippen LogP contribution in [0.2, 0.25) is 0 Å². The minimum absolute atomic E-state index is 0.352. The molecule has 3 aromatic rings. The fourth-order valence-electron chi connectivity index (χ4n) is 2.44. The fourth-order valence-corrected chi connectivity index (χ4v) is 3.34. The maximum Gasteiger partial charge on any atom is 0.405 e. The zero-order valence-corrected chi connectivity index (χ0v) is 14.4. The molecule has 0 radical (unpaired) electrons. The Morgan fingerprint density at radius 2 is 1.96 bits per heavy atom. The van der Waals surface area contributed by atoms with Crippen molar-refractivity contribution in [1.82, 2.24) is 14.9 Å². The number of nitrogens with one attached hydrogen (secondary N) is 1. The molecule has 9 heteroatoms. The molecule has 5 nitrogen and oxygen atoms in total. The van der Waals surface area contributed by atoms with E-state index in [1.54, 1.807) is 10.7 Å². The number of rotatable bonds is 4. The normalized spacial score (nSPS) is 11.7. The van der Waals surface area contributed by atoms with E-state index in [1.807, 2.05) is 31.2 Å². The third-order valence-electron chi connectivity index (χ3n) is 3.72. The number of carbonyl (C=O) groups is 1. The third-order valence-corrected chi connectivity index (χ3v) is 4.61. The molecule has 0 aliphatic carbocycles. The van der Waals surface area contributed by atoms with Crippen molar-refractivity contribution in [3.05, 3.63) is 51.9 Å². The minimum atomic E-state index is -4.51. The van der Waals surface area contributed by atoms with Crippen LogP contribution in [-0.2, 0) is 11.3 Å². The van der Waals surface area contributed by atoms with Crippen molar-refractivity contribution in [2.24, 2.45) is 0 Å². The molecule has 0 saturated heterocycles. The molecule has 2 heterocycles. The molecule has 1 N–H and O–H groups in total. The molecule has 0 fully saturated rings. The van der Waals surface area contributed by atoms with Gasteiger partial charge in [-0.25, -0.2) is 4.98 Å². The molecular weight excluding hydrogens is 367 g/mol. The van der Waals surface area contributed by atoms with Gasteiger partial charge in [0.15, 0.2) is 0 Å². The maximum absolute atomic E-state index is 12.7. The van der Waals surface area contributed by atoms with Crippen LogP contribution in [0, 0.1) is 6.92 Å². The predicted octanol–water partition coefficient (Wildman–Crippen LogP) is 3.11. The molecular formula is C17H14F3N3O2S. The monoisotopic (exact) mass is 381 g/mol. The second-order valence-electron chi connectivity index (χ2n) is 5.77. The first-order valence-corrected chi connectivity index (χ1v) is 8.50. The van der Waals surface area contributed by atoms with Gasteiger partial charge in [-0.1, -0.05) is 29.8 Å². The van der Waals surface area contributed by atoms with Crippen LogP contribution in [0.25, 0.3) is 21.3 Å². The number of thiophene rings is 1. The summed E-state index contributed by atoms with van der Waals surface area (Å²) in [5.74, 6) is -0.905. The van der Waals surface area contributed by atoms with Gasteiger partial charge in [0, 0.05) is 10.9 Å². The van der Waals surface area contributed by atoms with Gasteiger partial charge >= 0.3 is 6.18 Å². The molecule has 0 aliphatic rings. The largest absolute Gasteiger partial charge is 0.405 e. The molecule has 26 heavy (non-hydrogen) atoms. The first-order valence-electron chi connectivity index (χ1n) is 7.62. The predicted molar refractivity (Wildman–Crippen MR) is 93.1 cm³/mol. The lowest BCUT2D eigenvalue weighted by molar-refractivity contribution is -0.138. The molecule has 0 bridgehead atoms. The molecule has 2 aromatic heterocycles. The van der Waals surface area contributed by atoms with Crippen molar-refractivity contribution >= 4 is 27.5 Å². The minimum Gasteiger partial charge on any atom is -0.345 e. The van der Waals surface area contributed by atoms with E-state index in [4.69, 9.17) is 0 Å². The number of fused-ring (bicyclic) bond motifs is 1. The van der Waals surface area contributed by atoms with Crippen LogP contribution >= 0.6 is 11.3 Å². The Morgan fingerprint density at radius 3 is 2.62 bits per heavy atom. The zero-order valence-electron chi connectivity index (χ0n) is 13.6. The Balaban J connectivity index is 1.93. The summed E-state index contributed by atoms with van der Waals surface area (Å²) in [6.07, 6.45) is -3.33. The van der Waals surface area contributed by atoms with Gasteiger partial charge in [0.05, 0.1) is 11.7 Å². The van der Waals surface area contributed by atoms with E-state index in [1.165, 1.54) is 17.7 Å². The van der Waals surface area contributed by atoms with Crippen molar-refractivity contribution in [2.75, 3.05) is 6.54 Å². The van der Waals surface area contributed by atoms with Crippen LogP contribution in [0.5, 0.6) is 0 Å². The van der Waals surface area contributed by atoms with Crippen LogP contribution in [-0.4, -0.2) is 28.2 Å². The molecule has 0 spiro atoms. The fraction of sp³-hybridized carbons (Fsp3) is 0.235. The molecule has 0 unspecified atom stereocenters. The Labute approximate surface area is 150 Å². The Hall–Kier alpha value is -2.68. The lowest BCUT2D eigenvalue weighted by atomic mass is 10.1. The van der Waals surface area contributed by atoms with Crippen molar-refractivity contribution in [1.29, 1.82) is 0 Å². The highest BCUT2D eigenvalue weighted by Gasteiger charge is 2.27. The van der Waals surface area contributed by atoms with Gasteiger partial charge in [0.25, 0.3) is 5.56 Å². The average molecular weight is 381 g/mol. The van der Waals surface area contributed by atoms with Crippen LogP contribution in [0.15, 0.2) is 40.8 Å². The van der Waals surface area contributed by atoms with Crippen molar-refractivity contribution < 1.29 is 18.0 Å². The van der Waals surface area contributed by atoms with Crippen molar-refractivity contribution in [3.63, 3.8) is 0 Å². The van der Waals surface area contributed by atoms with E-state index >= 15 is 0 Å². The first-order chi connectivity index (χ1) is 12.2. The molecule has 0 aliphatic heterocycles. The summed E-state index contributed by atoms with van der Waals surface area (Å²) in [7, 11) is 0. The number of alkyl halides is 3. The topological polar surface area (TPSA) is 64.0 Å². The quantitative estimate of drug-likeness (QED) is 0.755. The van der Waals surface area contributed by atoms with E-state index in [0.717, 1.165) is 15.7 Å². The molecule has 1 amide bonds. The van der Waals surface area contributed by atoms with Crippen molar-refractivity contribution in [3.8, 4) is 11.1 Å². The number of nitrogens with zero attached hydrogens (tertiary/aromatic N) is 2. The van der Waals surface area contributed by atoms with Gasteiger partial charge in [-0.2, -0.15) is 13.2 Å². The van der Waals surface area contributed by atoms with E-state index in [2.05, 4.69) is 4.98 Å². The van der Waals surface area contributed by atoms with Gasteiger partial charge in [-0.3, -0.25) is 14.2 Å². The Bertz CT molecular complexity index is 1010. The first kappa shape index (κ1) is 18.1. The number of amides is 1. The number of aromatic nitrogens is 2. The summed E-state index contributed by atoms with van der Waals surface area (Å²) < 4.78 is 37.5. The number of halogens is 3. The molecule has 1 aromatic carbocycles. The molecule has 136 valence electrons. The number of hydrogen-bond donors (Lipinski definition) is 1. The third kappa shape index (κ3) is 3.93. The standard InChI is InChI=1S/C17H14F3N3O2S/c1-10-2-4-11(5-3-10)12-7-26-15-14(12)16(25)23(9-22-15)6-13(24)21-8-17(18,19)20/h2-5,7,9H,6,8H2,1H3,(H,21,24). The van der Waals surface area contributed by atoms with Gasteiger partial charge in [-0.05, 0) is 12.5 Å². The summed E-state index contributed by atoms with van der Waals surface area (Å²) >= 11 is 1.29. The Kier molecular flexibility index (Phi) is 4.82. The van der Waals surface area contributed by atoms with Crippen LogP contribution in [0.4, 0.5) is 13.2 Å². The van der Waals surface area contributed by atoms with Gasteiger partial charge in [-0.15, -0.1) is 11.3 Å². The zero-order chi connectivity index (χ0) is 18.9. The van der Waals surface area contributed by atoms with E-state index in [9.17, 15) is 22.8 Å². The molecule has 3 rings (SSSR count). The van der Waals surface area contributed by atoms with Crippen LogP contribution < -0.4 is 10.9 Å². The average Bonchev–Trinajstić information content (AvgIpc) is 3.00. The highest BCUT2D eigenvalue weighted by atomic mass is 32.1. The van der Waals surface area contributed by atoms with Gasteiger partial charge < -0.3 is 5.32 Å². The summed E-state index contributed by atoms with van der Waals surface area (Å²) in [5.41, 5.74) is 2.13. The van der Waals surface area contributed by atoms with E-state index in [-0.39, 0.29) is 0 Å². The number of aryl methyl sites for hydroxylation is 1. The van der Waals surface area contributed by atoms with E-state index < -0.39 is 30.7 Å². The highest BCUT2D eigenvalue weighted by molar-refractivity contribution is 7.17. The van der Waals surface area contributed by atoms with Gasteiger partial charge in [0.1, 0.15) is 17.9 Å². The number of hydrogen-bond acceptors (Lipinski definition) is 4. The Morgan fingerprint density at radius 1 is 1.27 bits per heavy atom. The van der Waals surface area contributed by atoms with Crippen LogP contribution in [0.1, 0.15) is 5.56 Å². The second-order valence-corrected chi connectivity index (χ2v) is 6.62. The lowest BCUT2D eigenvalue weighted by Gasteiger charge is -2.09. The van der Waals surface area contributed by atoms with Crippen molar-refractivity contribution in [2.45, 2.75) is 19.6 Å². The number of benzene rings is 1. The highest BCUT2D eigenvalue weighted by Crippen LogP contribution is 2.30. The van der Waals surface area contributed by atoms with E-state index in [0.29, 0.717) is 15.8 Å². The lowest BCUT2D eigenvalue weighted by Crippen LogP contribution is -2.37. The SMILES string of the molecule is Cc1ccc(-c2csc3ncn(CC(=O)NCC(F)(F)F)c(=O)c23)cc1. The van der Waals surface area contributed by atoms with Crippen LogP contribution in [0.3, 0.4) is 0 Å². The summed E-state index contributed by atoms with van der Waals surface area (Å²) in [4.78, 5) is 29.1.